The molecule has 0 atom stereocenters. The summed E-state index contributed by atoms with van der Waals surface area (Å²) in [6.45, 7) is 0.559. The normalized spacial score (nSPS) is 9.80. The molecule has 0 spiro atoms. The van der Waals surface area contributed by atoms with Crippen LogP contribution in [0.25, 0.3) is 0 Å². The third-order valence-corrected chi connectivity index (χ3v) is 3.24. The smallest absolute Gasteiger partial charge is 0.256 e. The van der Waals surface area contributed by atoms with Gasteiger partial charge in [-0.1, -0.05) is 11.8 Å². The summed E-state index contributed by atoms with van der Waals surface area (Å²) in [6, 6.07) is 4.32. The van der Waals surface area contributed by atoms with Crippen LogP contribution in [-0.2, 0) is 0 Å². The zero-order chi connectivity index (χ0) is 15.0. The van der Waals surface area contributed by atoms with Gasteiger partial charge in [-0.25, -0.2) is 4.39 Å². The van der Waals surface area contributed by atoms with Crippen LogP contribution in [-0.4, -0.2) is 48.1 Å². The average molecular weight is 295 g/mol. The number of nitrogens with zero attached hydrogens (tertiary/aromatic N) is 1. The van der Waals surface area contributed by atoms with E-state index in [4.69, 9.17) is 5.11 Å². The van der Waals surface area contributed by atoms with Gasteiger partial charge in [0.25, 0.3) is 5.91 Å². The van der Waals surface area contributed by atoms with Crippen LogP contribution in [0.1, 0.15) is 22.3 Å². The molecule has 0 aliphatic rings. The SMILES string of the molecule is CSCCN(C)C(=O)c1ccc(C#CCCO)cc1F. The van der Waals surface area contributed by atoms with Crippen LogP contribution in [0.15, 0.2) is 18.2 Å². The van der Waals surface area contributed by atoms with Crippen LogP contribution in [0.5, 0.6) is 0 Å². The number of carbonyl (C=O) groups is 1. The molecule has 1 amide bonds. The van der Waals surface area contributed by atoms with Crippen molar-refractivity contribution in [3.05, 3.63) is 35.1 Å². The molecule has 0 aromatic heterocycles. The second kappa shape index (κ2) is 8.62. The summed E-state index contributed by atoms with van der Waals surface area (Å²) in [6.07, 6.45) is 2.30. The summed E-state index contributed by atoms with van der Waals surface area (Å²) < 4.78 is 13.9. The van der Waals surface area contributed by atoms with E-state index in [0.29, 0.717) is 18.5 Å². The van der Waals surface area contributed by atoms with Crippen molar-refractivity contribution in [2.24, 2.45) is 0 Å². The highest BCUT2D eigenvalue weighted by atomic mass is 32.2. The molecule has 1 aromatic rings. The van der Waals surface area contributed by atoms with Crippen LogP contribution in [0.4, 0.5) is 4.39 Å². The summed E-state index contributed by atoms with van der Waals surface area (Å²) >= 11 is 1.63. The Hall–Kier alpha value is -1.51. The first-order valence-corrected chi connectivity index (χ1v) is 7.63. The quantitative estimate of drug-likeness (QED) is 0.845. The maximum Gasteiger partial charge on any atom is 0.256 e. The Morgan fingerprint density at radius 2 is 2.25 bits per heavy atom. The molecule has 0 bridgehead atoms. The number of aliphatic hydroxyl groups is 1. The number of halogens is 1. The molecule has 1 aromatic carbocycles. The molecular weight excluding hydrogens is 277 g/mol. The summed E-state index contributed by atoms with van der Waals surface area (Å²) in [5.74, 6) is 5.37. The number of benzene rings is 1. The van der Waals surface area contributed by atoms with Crippen molar-refractivity contribution in [2.45, 2.75) is 6.42 Å². The number of hydrogen-bond acceptors (Lipinski definition) is 3. The van der Waals surface area contributed by atoms with Gasteiger partial charge in [-0.15, -0.1) is 0 Å². The van der Waals surface area contributed by atoms with E-state index in [9.17, 15) is 9.18 Å². The fraction of sp³-hybridized carbons (Fsp3) is 0.400. The summed E-state index contributed by atoms with van der Waals surface area (Å²) in [4.78, 5) is 13.6. The molecule has 0 fully saturated rings. The number of aliphatic hydroxyl groups excluding tert-OH is 1. The summed E-state index contributed by atoms with van der Waals surface area (Å²) in [5, 5.41) is 8.62. The zero-order valence-corrected chi connectivity index (χ0v) is 12.5. The Morgan fingerprint density at radius 1 is 1.50 bits per heavy atom. The lowest BCUT2D eigenvalue weighted by Gasteiger charge is -2.16. The van der Waals surface area contributed by atoms with E-state index >= 15 is 0 Å². The maximum atomic E-state index is 13.9. The lowest BCUT2D eigenvalue weighted by atomic mass is 10.1. The Labute approximate surface area is 123 Å². The number of amides is 1. The molecule has 3 nitrogen and oxygen atoms in total. The molecule has 0 radical (unpaired) electrons. The highest BCUT2D eigenvalue weighted by Crippen LogP contribution is 2.12. The molecule has 5 heteroatoms. The lowest BCUT2D eigenvalue weighted by molar-refractivity contribution is 0.0799. The van der Waals surface area contributed by atoms with E-state index in [-0.39, 0.29) is 18.1 Å². The van der Waals surface area contributed by atoms with Gasteiger partial charge in [-0.05, 0) is 24.5 Å². The Morgan fingerprint density at radius 3 is 2.85 bits per heavy atom. The lowest BCUT2D eigenvalue weighted by Crippen LogP contribution is -2.29. The van der Waals surface area contributed by atoms with Crippen molar-refractivity contribution in [2.75, 3.05) is 32.2 Å². The third kappa shape index (κ3) is 4.87. The molecule has 0 aliphatic carbocycles. The van der Waals surface area contributed by atoms with E-state index in [1.165, 1.54) is 17.0 Å². The Kier molecular flexibility index (Phi) is 7.13. The second-order valence-electron chi connectivity index (χ2n) is 4.19. The molecule has 0 heterocycles. The largest absolute Gasteiger partial charge is 0.395 e. The van der Waals surface area contributed by atoms with Crippen LogP contribution in [0.2, 0.25) is 0 Å². The first-order valence-electron chi connectivity index (χ1n) is 6.23. The van der Waals surface area contributed by atoms with Gasteiger partial charge in [-0.3, -0.25) is 4.79 Å². The van der Waals surface area contributed by atoms with Gasteiger partial charge in [-0.2, -0.15) is 11.8 Å². The Balaban J connectivity index is 2.82. The first-order chi connectivity index (χ1) is 9.60. The zero-order valence-electron chi connectivity index (χ0n) is 11.6. The van der Waals surface area contributed by atoms with Gasteiger partial charge < -0.3 is 10.0 Å². The van der Waals surface area contributed by atoms with E-state index < -0.39 is 5.82 Å². The summed E-state index contributed by atoms with van der Waals surface area (Å²) in [7, 11) is 1.66. The standard InChI is InChI=1S/C15H18FNO2S/c1-17(8-10-20-2)15(19)13-7-6-12(11-14(13)16)5-3-4-9-18/h6-7,11,18H,4,8-10H2,1-2H3. The van der Waals surface area contributed by atoms with Crippen molar-refractivity contribution >= 4 is 17.7 Å². The van der Waals surface area contributed by atoms with Gasteiger partial charge in [0, 0.05) is 31.3 Å². The molecule has 0 saturated heterocycles. The second-order valence-corrected chi connectivity index (χ2v) is 5.18. The van der Waals surface area contributed by atoms with Crippen molar-refractivity contribution in [3.63, 3.8) is 0 Å². The van der Waals surface area contributed by atoms with E-state index in [1.807, 2.05) is 6.26 Å². The topological polar surface area (TPSA) is 40.5 Å². The molecule has 0 unspecified atom stereocenters. The van der Waals surface area contributed by atoms with Gasteiger partial charge in [0.1, 0.15) is 5.82 Å². The number of hydrogen-bond donors (Lipinski definition) is 1. The number of carbonyl (C=O) groups excluding carboxylic acids is 1. The van der Waals surface area contributed by atoms with Crippen LogP contribution in [0, 0.1) is 17.7 Å². The van der Waals surface area contributed by atoms with E-state index in [1.54, 1.807) is 24.9 Å². The van der Waals surface area contributed by atoms with Crippen LogP contribution >= 0.6 is 11.8 Å². The predicted octanol–water partition coefficient (Wildman–Crippen LogP) is 1.99. The molecule has 108 valence electrons. The highest BCUT2D eigenvalue weighted by molar-refractivity contribution is 7.98. The maximum absolute atomic E-state index is 13.9. The molecule has 0 aliphatic heterocycles. The van der Waals surface area contributed by atoms with Gasteiger partial charge in [0.05, 0.1) is 12.2 Å². The fourth-order valence-electron chi connectivity index (χ4n) is 1.52. The monoisotopic (exact) mass is 295 g/mol. The Bertz CT molecular complexity index is 522. The van der Waals surface area contributed by atoms with E-state index in [0.717, 1.165) is 5.75 Å². The van der Waals surface area contributed by atoms with Gasteiger partial charge in [0.15, 0.2) is 0 Å². The average Bonchev–Trinajstić information content (AvgIpc) is 2.44. The van der Waals surface area contributed by atoms with Crippen molar-refractivity contribution in [1.29, 1.82) is 0 Å². The van der Waals surface area contributed by atoms with Crippen molar-refractivity contribution in [3.8, 4) is 11.8 Å². The first kappa shape index (κ1) is 16.5. The van der Waals surface area contributed by atoms with Crippen LogP contribution in [0.3, 0.4) is 0 Å². The minimum absolute atomic E-state index is 0.0215. The molecule has 20 heavy (non-hydrogen) atoms. The predicted molar refractivity (Wildman–Crippen MR) is 80.3 cm³/mol. The van der Waals surface area contributed by atoms with Crippen molar-refractivity contribution in [1.82, 2.24) is 4.90 Å². The molecular formula is C15H18FNO2S. The van der Waals surface area contributed by atoms with E-state index in [2.05, 4.69) is 11.8 Å². The van der Waals surface area contributed by atoms with Crippen LogP contribution < -0.4 is 0 Å². The van der Waals surface area contributed by atoms with Gasteiger partial charge >= 0.3 is 0 Å². The highest BCUT2D eigenvalue weighted by Gasteiger charge is 2.15. The fourth-order valence-corrected chi connectivity index (χ4v) is 1.98. The molecule has 1 N–H and O–H groups in total. The third-order valence-electron chi connectivity index (χ3n) is 2.65. The summed E-state index contributed by atoms with van der Waals surface area (Å²) in [5.41, 5.74) is 0.556. The molecule has 1 rings (SSSR count). The number of rotatable bonds is 5. The minimum Gasteiger partial charge on any atom is -0.395 e. The minimum atomic E-state index is -0.568. The molecule has 0 saturated carbocycles. The van der Waals surface area contributed by atoms with Gasteiger partial charge in [0.2, 0.25) is 0 Å². The number of thioether (sulfide) groups is 1. The van der Waals surface area contributed by atoms with Crippen molar-refractivity contribution < 1.29 is 14.3 Å².